The fraction of sp³-hybridized carbons (Fsp3) is 0.275. The molecule has 3 heterocycles. The quantitative estimate of drug-likeness (QED) is 0.124. The number of hydrogen-bond acceptors (Lipinski definition) is 11. The van der Waals surface area contributed by atoms with Crippen molar-refractivity contribution in [2.75, 3.05) is 0 Å². The van der Waals surface area contributed by atoms with E-state index in [9.17, 15) is 9.59 Å². The molecule has 14 heteroatoms. The highest BCUT2D eigenvalue weighted by Gasteiger charge is 2.18. The standard InChI is InChI=1S/C15H17IN2O3.C15H18N2O3.C10H10N2O/c1-15(2,3)21-14(19)17-8-10-6-4-5-7-11(10)12-9-20-13(16)18-12;1-15(2,3)20-14(18)16-8-11-6-4-5-7-12(11)13-9-19-10-17-13;11-5-8-3-1-2-4-9(8)10-6-13-7-12-10/h4-7,9H,8H2,1-3H3,(H,17,19);4-7,9-10H,8H2,1-3H3,(H,16,18);1-4,6-7H,5,11H2. The number of carbonyl (C=O) groups is 2. The number of hydrogen-bond donors (Lipinski definition) is 3. The van der Waals surface area contributed by atoms with E-state index in [-0.39, 0.29) is 0 Å². The summed E-state index contributed by atoms with van der Waals surface area (Å²) in [6, 6.07) is 23.3. The Hall–Kier alpha value is -5.48. The van der Waals surface area contributed by atoms with Crippen molar-refractivity contribution >= 4 is 34.8 Å². The van der Waals surface area contributed by atoms with Crippen molar-refractivity contribution in [1.82, 2.24) is 25.6 Å². The van der Waals surface area contributed by atoms with Gasteiger partial charge < -0.3 is 39.1 Å². The third-order valence-electron chi connectivity index (χ3n) is 7.08. The number of halogens is 1. The predicted molar refractivity (Wildman–Crippen MR) is 213 cm³/mol. The van der Waals surface area contributed by atoms with Crippen LogP contribution in [0.4, 0.5) is 9.59 Å². The highest BCUT2D eigenvalue weighted by molar-refractivity contribution is 14.1. The number of benzene rings is 3. The first-order valence-corrected chi connectivity index (χ1v) is 18.1. The van der Waals surface area contributed by atoms with Gasteiger partial charge in [0.1, 0.15) is 47.1 Å². The van der Waals surface area contributed by atoms with Crippen LogP contribution >= 0.6 is 22.6 Å². The summed E-state index contributed by atoms with van der Waals surface area (Å²) in [4.78, 5) is 35.9. The third kappa shape index (κ3) is 13.5. The fourth-order valence-electron chi connectivity index (χ4n) is 4.83. The number of aromatic nitrogens is 3. The molecule has 0 aliphatic heterocycles. The number of carbonyl (C=O) groups excluding carboxylic acids is 2. The number of oxazole rings is 3. The summed E-state index contributed by atoms with van der Waals surface area (Å²) in [5.41, 5.74) is 12.8. The summed E-state index contributed by atoms with van der Waals surface area (Å²) >= 11 is 2.02. The second-order valence-corrected chi connectivity index (χ2v) is 14.5. The molecule has 6 aromatic rings. The molecule has 4 N–H and O–H groups in total. The highest BCUT2D eigenvalue weighted by atomic mass is 127. The maximum absolute atomic E-state index is 11.7. The maximum atomic E-state index is 11.7. The molecular weight excluding hydrogens is 803 g/mol. The molecule has 0 atom stereocenters. The number of rotatable bonds is 8. The lowest BCUT2D eigenvalue weighted by atomic mass is 10.1. The highest BCUT2D eigenvalue weighted by Crippen LogP contribution is 2.25. The predicted octanol–water partition coefficient (Wildman–Crippen LogP) is 9.14. The van der Waals surface area contributed by atoms with Crippen LogP contribution < -0.4 is 16.4 Å². The summed E-state index contributed by atoms with van der Waals surface area (Å²) in [6.45, 7) is 12.2. The van der Waals surface area contributed by atoms with E-state index in [0.29, 0.717) is 23.5 Å². The van der Waals surface area contributed by atoms with Gasteiger partial charge in [-0.3, -0.25) is 0 Å². The summed E-state index contributed by atoms with van der Waals surface area (Å²) in [6.07, 6.45) is 6.73. The Morgan fingerprint density at radius 1 is 0.648 bits per heavy atom. The number of ether oxygens (including phenoxy) is 2. The number of alkyl carbamates (subject to hydrolysis) is 2. The van der Waals surface area contributed by atoms with Gasteiger partial charge in [-0.25, -0.2) is 24.5 Å². The van der Waals surface area contributed by atoms with Crippen molar-refractivity contribution in [3.05, 3.63) is 125 Å². The molecule has 54 heavy (non-hydrogen) atoms. The molecule has 284 valence electrons. The summed E-state index contributed by atoms with van der Waals surface area (Å²) < 4.78 is 26.1. The monoisotopic (exact) mass is 848 g/mol. The molecular formula is C40H45IN6O7. The van der Waals surface area contributed by atoms with Gasteiger partial charge in [-0.15, -0.1) is 0 Å². The maximum Gasteiger partial charge on any atom is 0.407 e. The molecule has 13 nitrogen and oxygen atoms in total. The minimum Gasteiger partial charge on any atom is -0.451 e. The lowest BCUT2D eigenvalue weighted by molar-refractivity contribution is 0.0512. The lowest BCUT2D eigenvalue weighted by Gasteiger charge is -2.20. The Balaban J connectivity index is 0.000000185. The van der Waals surface area contributed by atoms with E-state index < -0.39 is 23.4 Å². The van der Waals surface area contributed by atoms with Crippen LogP contribution in [0.15, 0.2) is 118 Å². The molecule has 0 unspecified atom stereocenters. The first-order valence-electron chi connectivity index (χ1n) is 17.0. The van der Waals surface area contributed by atoms with E-state index in [4.69, 9.17) is 28.5 Å². The topological polar surface area (TPSA) is 181 Å². The average molecular weight is 849 g/mol. The van der Waals surface area contributed by atoms with Crippen molar-refractivity contribution in [3.63, 3.8) is 0 Å². The second kappa shape index (κ2) is 19.6. The number of nitrogens with zero attached hydrogens (tertiary/aromatic N) is 3. The van der Waals surface area contributed by atoms with Crippen LogP contribution in [0.5, 0.6) is 0 Å². The smallest absolute Gasteiger partial charge is 0.407 e. The van der Waals surface area contributed by atoms with Crippen molar-refractivity contribution < 1.29 is 32.3 Å². The largest absolute Gasteiger partial charge is 0.451 e. The zero-order valence-corrected chi connectivity index (χ0v) is 33.2. The van der Waals surface area contributed by atoms with E-state index in [1.54, 1.807) is 18.8 Å². The van der Waals surface area contributed by atoms with Gasteiger partial charge in [0.05, 0.1) is 0 Å². The molecule has 0 saturated heterocycles. The number of nitrogens with one attached hydrogen (secondary N) is 2. The molecule has 0 saturated carbocycles. The van der Waals surface area contributed by atoms with Crippen LogP contribution in [0.3, 0.4) is 0 Å². The summed E-state index contributed by atoms with van der Waals surface area (Å²) in [5, 5.41) is 5.49. The molecule has 3 aromatic heterocycles. The minimum atomic E-state index is -0.508. The summed E-state index contributed by atoms with van der Waals surface area (Å²) in [5.74, 6) is 0. The SMILES string of the molecule is CC(C)(C)OC(=O)NCc1ccccc1-c1coc(I)n1.CC(C)(C)OC(=O)NCc1ccccc1-c1cocn1.NCc1ccccc1-c1cocn1. The van der Waals surface area contributed by atoms with E-state index >= 15 is 0 Å². The van der Waals surface area contributed by atoms with Gasteiger partial charge in [0.2, 0.25) is 0 Å². The molecule has 6 rings (SSSR count). The first-order chi connectivity index (χ1) is 25.7. The molecule has 0 spiro atoms. The van der Waals surface area contributed by atoms with Gasteiger partial charge in [0.25, 0.3) is 3.90 Å². The molecule has 0 fully saturated rings. The molecule has 3 aromatic carbocycles. The molecule has 0 aliphatic carbocycles. The third-order valence-corrected chi connectivity index (χ3v) is 7.58. The van der Waals surface area contributed by atoms with Crippen molar-refractivity contribution in [2.24, 2.45) is 5.73 Å². The van der Waals surface area contributed by atoms with Crippen LogP contribution in [0, 0.1) is 3.90 Å². The van der Waals surface area contributed by atoms with Gasteiger partial charge >= 0.3 is 12.2 Å². The lowest BCUT2D eigenvalue weighted by Crippen LogP contribution is -2.32. The van der Waals surface area contributed by atoms with E-state index in [1.165, 1.54) is 12.8 Å². The van der Waals surface area contributed by atoms with E-state index in [2.05, 4.69) is 25.6 Å². The fourth-order valence-corrected chi connectivity index (χ4v) is 5.21. The summed E-state index contributed by atoms with van der Waals surface area (Å²) in [7, 11) is 0. The van der Waals surface area contributed by atoms with E-state index in [0.717, 1.165) is 50.5 Å². The number of nitrogens with two attached hydrogens (primary N) is 1. The Morgan fingerprint density at radius 2 is 1.06 bits per heavy atom. The Bertz CT molecular complexity index is 2050. The molecule has 0 aliphatic rings. The Kier molecular flexibility index (Phi) is 14.9. The van der Waals surface area contributed by atoms with Crippen LogP contribution in [0.2, 0.25) is 0 Å². The number of amides is 2. The van der Waals surface area contributed by atoms with Gasteiger partial charge in [-0.2, -0.15) is 0 Å². The van der Waals surface area contributed by atoms with Crippen molar-refractivity contribution in [3.8, 4) is 33.8 Å². The van der Waals surface area contributed by atoms with Gasteiger partial charge in [0, 0.05) is 58.9 Å². The van der Waals surface area contributed by atoms with Crippen LogP contribution in [0.1, 0.15) is 58.2 Å². The second-order valence-electron chi connectivity index (χ2n) is 13.6. The van der Waals surface area contributed by atoms with E-state index in [1.807, 2.05) is 137 Å². The Labute approximate surface area is 328 Å². The van der Waals surface area contributed by atoms with Crippen LogP contribution in [0.25, 0.3) is 33.8 Å². The molecule has 0 bridgehead atoms. The van der Waals surface area contributed by atoms with Crippen LogP contribution in [-0.4, -0.2) is 38.3 Å². The zero-order valence-electron chi connectivity index (χ0n) is 31.1. The normalized spacial score (nSPS) is 11.0. The van der Waals surface area contributed by atoms with Gasteiger partial charge in [-0.1, -0.05) is 72.8 Å². The van der Waals surface area contributed by atoms with Crippen molar-refractivity contribution in [2.45, 2.75) is 72.4 Å². The molecule has 0 radical (unpaired) electrons. The van der Waals surface area contributed by atoms with Crippen molar-refractivity contribution in [1.29, 1.82) is 0 Å². The molecule has 2 amide bonds. The van der Waals surface area contributed by atoms with Gasteiger partial charge in [-0.05, 0) is 58.2 Å². The average Bonchev–Trinajstić information content (AvgIpc) is 3.94. The van der Waals surface area contributed by atoms with Gasteiger partial charge in [0.15, 0.2) is 12.8 Å². The van der Waals surface area contributed by atoms with Crippen LogP contribution in [-0.2, 0) is 29.1 Å². The minimum absolute atomic E-state index is 0.370. The zero-order chi connectivity index (χ0) is 39.1. The first kappa shape index (κ1) is 41.3. The Morgan fingerprint density at radius 3 is 1.43 bits per heavy atom.